The molecule has 0 bridgehead atoms. The zero-order valence-electron chi connectivity index (χ0n) is 7.81. The van der Waals surface area contributed by atoms with E-state index in [1.165, 1.54) is 13.2 Å². The Labute approximate surface area is 90.7 Å². The van der Waals surface area contributed by atoms with Gasteiger partial charge in [0.05, 0.1) is 7.11 Å². The van der Waals surface area contributed by atoms with Gasteiger partial charge < -0.3 is 10.5 Å². The molecular formula is C10H11BrFNO. The van der Waals surface area contributed by atoms with Gasteiger partial charge in [-0.3, -0.25) is 0 Å². The topological polar surface area (TPSA) is 35.2 Å². The molecule has 1 aromatic rings. The van der Waals surface area contributed by atoms with Gasteiger partial charge in [-0.05, 0) is 17.7 Å². The normalized spacial score (nSPS) is 10.0. The van der Waals surface area contributed by atoms with Crippen LogP contribution in [0, 0.1) is 5.82 Å². The van der Waals surface area contributed by atoms with Gasteiger partial charge in [0, 0.05) is 16.6 Å². The molecule has 0 saturated heterocycles. The Morgan fingerprint density at radius 2 is 2.29 bits per heavy atom. The summed E-state index contributed by atoms with van der Waals surface area (Å²) < 4.78 is 19.0. The molecule has 2 N–H and O–H groups in total. The first-order valence-corrected chi connectivity index (χ1v) is 4.80. The van der Waals surface area contributed by atoms with Crippen LogP contribution in [0.2, 0.25) is 0 Å². The zero-order chi connectivity index (χ0) is 10.7. The molecule has 1 rings (SSSR count). The minimum Gasteiger partial charge on any atom is -0.493 e. The fourth-order valence-corrected chi connectivity index (χ4v) is 1.57. The largest absolute Gasteiger partial charge is 0.493 e. The quantitative estimate of drug-likeness (QED) is 0.906. The average Bonchev–Trinajstić information content (AvgIpc) is 2.15. The van der Waals surface area contributed by atoms with Crippen LogP contribution in [0.15, 0.2) is 23.2 Å². The van der Waals surface area contributed by atoms with E-state index in [-0.39, 0.29) is 12.3 Å². The Bertz CT molecular complexity index is 365. The van der Waals surface area contributed by atoms with Crippen LogP contribution >= 0.6 is 15.9 Å². The van der Waals surface area contributed by atoms with E-state index in [1.54, 1.807) is 6.07 Å². The Morgan fingerprint density at radius 1 is 1.64 bits per heavy atom. The van der Waals surface area contributed by atoms with E-state index in [9.17, 15) is 4.39 Å². The molecule has 0 fully saturated rings. The van der Waals surface area contributed by atoms with E-state index in [2.05, 4.69) is 22.5 Å². The lowest BCUT2D eigenvalue weighted by molar-refractivity contribution is 0.385. The van der Waals surface area contributed by atoms with E-state index >= 15 is 0 Å². The Morgan fingerprint density at radius 3 is 2.79 bits per heavy atom. The SMILES string of the molecule is C=C(CN)c1cc(Br)cc(F)c1OC. The van der Waals surface area contributed by atoms with Gasteiger partial charge >= 0.3 is 0 Å². The summed E-state index contributed by atoms with van der Waals surface area (Å²) in [5.41, 5.74) is 6.67. The summed E-state index contributed by atoms with van der Waals surface area (Å²) >= 11 is 3.20. The van der Waals surface area contributed by atoms with Gasteiger partial charge in [0.25, 0.3) is 0 Å². The predicted molar refractivity (Wildman–Crippen MR) is 58.7 cm³/mol. The number of benzene rings is 1. The molecule has 0 aromatic heterocycles. The van der Waals surface area contributed by atoms with Crippen molar-refractivity contribution in [2.75, 3.05) is 13.7 Å². The number of ether oxygens (including phenoxy) is 1. The van der Waals surface area contributed by atoms with E-state index in [0.717, 1.165) is 0 Å². The van der Waals surface area contributed by atoms with E-state index < -0.39 is 5.82 Å². The third-order valence-corrected chi connectivity index (χ3v) is 2.30. The lowest BCUT2D eigenvalue weighted by atomic mass is 10.1. The third-order valence-electron chi connectivity index (χ3n) is 1.84. The first-order chi connectivity index (χ1) is 6.60. The second-order valence-electron chi connectivity index (χ2n) is 2.78. The Hall–Kier alpha value is -0.870. The van der Waals surface area contributed by atoms with Crippen molar-refractivity contribution < 1.29 is 9.13 Å². The van der Waals surface area contributed by atoms with Gasteiger partial charge in [-0.15, -0.1) is 0 Å². The van der Waals surface area contributed by atoms with Crippen LogP contribution in [0.3, 0.4) is 0 Å². The van der Waals surface area contributed by atoms with E-state index in [0.29, 0.717) is 15.6 Å². The smallest absolute Gasteiger partial charge is 0.166 e. The summed E-state index contributed by atoms with van der Waals surface area (Å²) in [5, 5.41) is 0. The standard InChI is InChI=1S/C10H11BrFNO/c1-6(5-13)8-3-7(11)4-9(12)10(8)14-2/h3-4H,1,5,13H2,2H3. The molecule has 14 heavy (non-hydrogen) atoms. The van der Waals surface area contributed by atoms with Crippen LogP contribution in [-0.4, -0.2) is 13.7 Å². The van der Waals surface area contributed by atoms with Gasteiger partial charge in [0.15, 0.2) is 11.6 Å². The third kappa shape index (κ3) is 2.13. The molecule has 2 nitrogen and oxygen atoms in total. The molecule has 0 aliphatic rings. The summed E-state index contributed by atoms with van der Waals surface area (Å²) in [6, 6.07) is 3.07. The fraction of sp³-hybridized carbons (Fsp3) is 0.200. The van der Waals surface area contributed by atoms with Crippen LogP contribution < -0.4 is 10.5 Å². The van der Waals surface area contributed by atoms with E-state index in [4.69, 9.17) is 10.5 Å². The molecule has 0 heterocycles. The number of halogens is 2. The van der Waals surface area contributed by atoms with Crippen molar-refractivity contribution in [1.82, 2.24) is 0 Å². The highest BCUT2D eigenvalue weighted by Gasteiger charge is 2.12. The second-order valence-corrected chi connectivity index (χ2v) is 3.69. The number of methoxy groups -OCH3 is 1. The maximum atomic E-state index is 13.4. The van der Waals surface area contributed by atoms with Gasteiger partial charge in [0.2, 0.25) is 0 Å². The second kappa shape index (κ2) is 4.57. The number of hydrogen-bond donors (Lipinski definition) is 1. The van der Waals surface area contributed by atoms with Crippen LogP contribution in [-0.2, 0) is 0 Å². The molecule has 0 aliphatic heterocycles. The molecule has 0 spiro atoms. The van der Waals surface area contributed by atoms with E-state index in [1.807, 2.05) is 0 Å². The molecule has 0 amide bonds. The van der Waals surface area contributed by atoms with Crippen molar-refractivity contribution in [3.8, 4) is 5.75 Å². The molecule has 4 heteroatoms. The lowest BCUT2D eigenvalue weighted by Gasteiger charge is -2.11. The molecule has 0 atom stereocenters. The fourth-order valence-electron chi connectivity index (χ4n) is 1.14. The molecule has 0 saturated carbocycles. The zero-order valence-corrected chi connectivity index (χ0v) is 9.40. The maximum Gasteiger partial charge on any atom is 0.166 e. The molecule has 0 aliphatic carbocycles. The Balaban J connectivity index is 3.32. The van der Waals surface area contributed by atoms with Crippen LogP contribution in [0.25, 0.3) is 5.57 Å². The lowest BCUT2D eigenvalue weighted by Crippen LogP contribution is -2.03. The van der Waals surface area contributed by atoms with Crippen LogP contribution in [0.1, 0.15) is 5.56 Å². The van der Waals surface area contributed by atoms with Crippen molar-refractivity contribution in [2.45, 2.75) is 0 Å². The van der Waals surface area contributed by atoms with Gasteiger partial charge in [-0.25, -0.2) is 4.39 Å². The molecule has 76 valence electrons. The molecule has 0 unspecified atom stereocenters. The van der Waals surface area contributed by atoms with Crippen molar-refractivity contribution >= 4 is 21.5 Å². The monoisotopic (exact) mass is 259 g/mol. The van der Waals surface area contributed by atoms with Crippen molar-refractivity contribution in [3.63, 3.8) is 0 Å². The summed E-state index contributed by atoms with van der Waals surface area (Å²) in [6.07, 6.45) is 0. The van der Waals surface area contributed by atoms with Crippen molar-refractivity contribution in [3.05, 3.63) is 34.6 Å². The molecular weight excluding hydrogens is 249 g/mol. The number of rotatable bonds is 3. The highest BCUT2D eigenvalue weighted by molar-refractivity contribution is 9.10. The van der Waals surface area contributed by atoms with Gasteiger partial charge in [0.1, 0.15) is 0 Å². The molecule has 1 aromatic carbocycles. The van der Waals surface area contributed by atoms with Crippen LogP contribution in [0.4, 0.5) is 4.39 Å². The summed E-state index contributed by atoms with van der Waals surface area (Å²) in [7, 11) is 1.42. The summed E-state index contributed by atoms with van der Waals surface area (Å²) in [5.74, 6) is -0.241. The summed E-state index contributed by atoms with van der Waals surface area (Å²) in [4.78, 5) is 0. The minimum absolute atomic E-state index is 0.184. The van der Waals surface area contributed by atoms with Crippen LogP contribution in [0.5, 0.6) is 5.75 Å². The number of nitrogens with two attached hydrogens (primary N) is 1. The average molecular weight is 260 g/mol. The van der Waals surface area contributed by atoms with Crippen molar-refractivity contribution in [1.29, 1.82) is 0 Å². The molecule has 0 radical (unpaired) electrons. The maximum absolute atomic E-state index is 13.4. The highest BCUT2D eigenvalue weighted by Crippen LogP contribution is 2.30. The first-order valence-electron chi connectivity index (χ1n) is 4.01. The first kappa shape index (κ1) is 11.2. The number of hydrogen-bond acceptors (Lipinski definition) is 2. The minimum atomic E-state index is -0.425. The predicted octanol–water partition coefficient (Wildman–Crippen LogP) is 2.57. The highest BCUT2D eigenvalue weighted by atomic mass is 79.9. The van der Waals surface area contributed by atoms with Gasteiger partial charge in [-0.1, -0.05) is 22.5 Å². The Kier molecular flexibility index (Phi) is 3.66. The van der Waals surface area contributed by atoms with Gasteiger partial charge in [-0.2, -0.15) is 0 Å². The van der Waals surface area contributed by atoms with Crippen molar-refractivity contribution in [2.24, 2.45) is 5.73 Å². The summed E-state index contributed by atoms with van der Waals surface area (Å²) in [6.45, 7) is 4.01.